The fourth-order valence-corrected chi connectivity index (χ4v) is 2.50. The van der Waals surface area contributed by atoms with Crippen molar-refractivity contribution in [1.29, 1.82) is 0 Å². The fourth-order valence-electron chi connectivity index (χ4n) is 2.05. The molecule has 0 heterocycles. The van der Waals surface area contributed by atoms with Gasteiger partial charge in [-0.05, 0) is 45.9 Å². The van der Waals surface area contributed by atoms with Crippen molar-refractivity contribution in [2.24, 2.45) is 0 Å². The minimum absolute atomic E-state index is 0.0507. The number of hydrogen-bond donors (Lipinski definition) is 2. The fraction of sp³-hybridized carbons (Fsp3) is 0.588. The zero-order valence-electron chi connectivity index (χ0n) is 14.6. The minimum Gasteiger partial charge on any atom is -0.493 e. The first-order valence-electron chi connectivity index (χ1n) is 7.78. The summed E-state index contributed by atoms with van der Waals surface area (Å²) >= 11 is 3.54. The van der Waals surface area contributed by atoms with Gasteiger partial charge in [0.25, 0.3) is 5.91 Å². The molecule has 1 amide bonds. The van der Waals surface area contributed by atoms with Gasteiger partial charge in [0.15, 0.2) is 18.1 Å². The van der Waals surface area contributed by atoms with Gasteiger partial charge < -0.3 is 20.1 Å². The van der Waals surface area contributed by atoms with E-state index in [0.29, 0.717) is 18.0 Å². The highest BCUT2D eigenvalue weighted by Crippen LogP contribution is 2.36. The van der Waals surface area contributed by atoms with Crippen molar-refractivity contribution in [3.63, 3.8) is 0 Å². The topological polar surface area (TPSA) is 59.6 Å². The second kappa shape index (κ2) is 9.13. The monoisotopic (exact) mass is 386 g/mol. The number of nitrogens with one attached hydrogen (secondary N) is 2. The molecule has 0 spiro atoms. The molecular weight excluding hydrogens is 360 g/mol. The van der Waals surface area contributed by atoms with Crippen LogP contribution in [0.5, 0.6) is 11.5 Å². The van der Waals surface area contributed by atoms with Gasteiger partial charge in [-0.25, -0.2) is 0 Å². The highest BCUT2D eigenvalue weighted by atomic mass is 79.9. The van der Waals surface area contributed by atoms with Crippen LogP contribution in [0.4, 0.5) is 0 Å². The Labute approximate surface area is 147 Å². The van der Waals surface area contributed by atoms with Crippen LogP contribution in [0.1, 0.15) is 39.7 Å². The van der Waals surface area contributed by atoms with Crippen LogP contribution in [0.2, 0.25) is 0 Å². The molecule has 0 saturated carbocycles. The Morgan fingerprint density at radius 3 is 2.57 bits per heavy atom. The number of amides is 1. The Morgan fingerprint density at radius 1 is 1.30 bits per heavy atom. The lowest BCUT2D eigenvalue weighted by Gasteiger charge is -2.21. The molecule has 0 aliphatic carbocycles. The van der Waals surface area contributed by atoms with Crippen LogP contribution in [-0.4, -0.2) is 31.7 Å². The van der Waals surface area contributed by atoms with E-state index in [1.807, 2.05) is 32.9 Å². The number of rotatable bonds is 8. The van der Waals surface area contributed by atoms with E-state index < -0.39 is 0 Å². The van der Waals surface area contributed by atoms with Crippen LogP contribution in [0, 0.1) is 0 Å². The number of ether oxygens (including phenoxy) is 2. The van der Waals surface area contributed by atoms with Gasteiger partial charge in [-0.15, -0.1) is 0 Å². The maximum atomic E-state index is 12.0. The van der Waals surface area contributed by atoms with Gasteiger partial charge in [-0.1, -0.05) is 22.9 Å². The number of methoxy groups -OCH3 is 1. The Morgan fingerprint density at radius 2 is 2.00 bits per heavy atom. The molecule has 0 unspecified atom stereocenters. The van der Waals surface area contributed by atoms with Gasteiger partial charge >= 0.3 is 0 Å². The quantitative estimate of drug-likeness (QED) is 0.673. The number of carbonyl (C=O) groups excluding carboxylic acids is 1. The van der Waals surface area contributed by atoms with Gasteiger partial charge in [0.2, 0.25) is 0 Å². The predicted molar refractivity (Wildman–Crippen MR) is 96.1 cm³/mol. The molecule has 0 radical (unpaired) electrons. The van der Waals surface area contributed by atoms with Crippen molar-refractivity contribution in [2.75, 3.05) is 20.3 Å². The zero-order valence-corrected chi connectivity index (χ0v) is 16.2. The van der Waals surface area contributed by atoms with Crippen molar-refractivity contribution in [3.05, 3.63) is 22.2 Å². The first kappa shape index (κ1) is 19.8. The Balaban J connectivity index is 2.89. The third kappa shape index (κ3) is 6.79. The van der Waals surface area contributed by atoms with E-state index in [4.69, 9.17) is 9.47 Å². The summed E-state index contributed by atoms with van der Waals surface area (Å²) < 4.78 is 12.1. The van der Waals surface area contributed by atoms with E-state index in [1.165, 1.54) is 0 Å². The van der Waals surface area contributed by atoms with Crippen LogP contribution in [-0.2, 0) is 11.3 Å². The summed E-state index contributed by atoms with van der Waals surface area (Å²) in [4.78, 5) is 12.0. The number of hydrogen-bond acceptors (Lipinski definition) is 4. The van der Waals surface area contributed by atoms with E-state index in [1.54, 1.807) is 7.11 Å². The smallest absolute Gasteiger partial charge is 0.258 e. The minimum atomic E-state index is -0.284. The van der Waals surface area contributed by atoms with E-state index in [0.717, 1.165) is 23.0 Å². The lowest BCUT2D eigenvalue weighted by molar-refractivity contribution is -0.124. The van der Waals surface area contributed by atoms with Gasteiger partial charge in [0.05, 0.1) is 7.11 Å². The van der Waals surface area contributed by atoms with Gasteiger partial charge in [0.1, 0.15) is 0 Å². The molecule has 0 atom stereocenters. The summed E-state index contributed by atoms with van der Waals surface area (Å²) in [6.45, 7) is 9.42. The van der Waals surface area contributed by atoms with E-state index in [2.05, 4.69) is 33.5 Å². The molecule has 0 aromatic heterocycles. The molecule has 0 saturated heterocycles. The first-order valence-corrected chi connectivity index (χ1v) is 8.57. The SMILES string of the molecule is CCCNCc1c(Br)ccc(OC)c1OCC(=O)NC(C)(C)C. The van der Waals surface area contributed by atoms with E-state index >= 15 is 0 Å². The van der Waals surface area contributed by atoms with Crippen LogP contribution < -0.4 is 20.1 Å². The summed E-state index contributed by atoms with van der Waals surface area (Å²) in [5.74, 6) is 1.05. The molecule has 23 heavy (non-hydrogen) atoms. The largest absolute Gasteiger partial charge is 0.493 e. The Bertz CT molecular complexity index is 527. The van der Waals surface area contributed by atoms with Crippen LogP contribution >= 0.6 is 15.9 Å². The Hall–Kier alpha value is -1.27. The normalized spacial score (nSPS) is 11.2. The van der Waals surface area contributed by atoms with Crippen LogP contribution in [0.15, 0.2) is 16.6 Å². The van der Waals surface area contributed by atoms with Crippen LogP contribution in [0.25, 0.3) is 0 Å². The molecule has 1 aromatic rings. The second-order valence-corrected chi connectivity index (χ2v) is 7.18. The summed E-state index contributed by atoms with van der Waals surface area (Å²) in [7, 11) is 1.59. The highest BCUT2D eigenvalue weighted by molar-refractivity contribution is 9.10. The van der Waals surface area contributed by atoms with Crippen molar-refractivity contribution in [1.82, 2.24) is 10.6 Å². The van der Waals surface area contributed by atoms with Gasteiger partial charge in [0, 0.05) is 22.1 Å². The molecule has 6 heteroatoms. The number of benzene rings is 1. The molecule has 0 fully saturated rings. The lowest BCUT2D eigenvalue weighted by Crippen LogP contribution is -2.43. The molecule has 2 N–H and O–H groups in total. The second-order valence-electron chi connectivity index (χ2n) is 6.32. The molecule has 1 aromatic carbocycles. The van der Waals surface area contributed by atoms with Crippen molar-refractivity contribution < 1.29 is 14.3 Å². The van der Waals surface area contributed by atoms with Gasteiger partial charge in [-0.3, -0.25) is 4.79 Å². The molecule has 0 aliphatic rings. The number of halogens is 1. The standard InChI is InChI=1S/C17H27BrN2O3/c1-6-9-19-10-12-13(18)7-8-14(22-5)16(12)23-11-15(21)20-17(2,3)4/h7-8,19H,6,9-11H2,1-5H3,(H,20,21). The molecule has 0 bridgehead atoms. The molecular formula is C17H27BrN2O3. The average molecular weight is 387 g/mol. The van der Waals surface area contributed by atoms with E-state index in [-0.39, 0.29) is 18.1 Å². The third-order valence-corrected chi connectivity index (χ3v) is 3.72. The van der Waals surface area contributed by atoms with E-state index in [9.17, 15) is 4.79 Å². The summed E-state index contributed by atoms with van der Waals surface area (Å²) in [5.41, 5.74) is 0.661. The maximum Gasteiger partial charge on any atom is 0.258 e. The Kier molecular flexibility index (Phi) is 7.85. The first-order chi connectivity index (χ1) is 10.8. The third-order valence-electron chi connectivity index (χ3n) is 2.98. The molecule has 5 nitrogen and oxygen atoms in total. The lowest BCUT2D eigenvalue weighted by atomic mass is 10.1. The zero-order chi connectivity index (χ0) is 17.5. The molecule has 130 valence electrons. The van der Waals surface area contributed by atoms with Crippen LogP contribution in [0.3, 0.4) is 0 Å². The maximum absolute atomic E-state index is 12.0. The van der Waals surface area contributed by atoms with Crippen molar-refractivity contribution >= 4 is 21.8 Å². The summed E-state index contributed by atoms with van der Waals surface area (Å²) in [5, 5.41) is 6.22. The summed E-state index contributed by atoms with van der Waals surface area (Å²) in [6.07, 6.45) is 1.05. The summed E-state index contributed by atoms with van der Waals surface area (Å²) in [6, 6.07) is 3.74. The average Bonchev–Trinajstić information content (AvgIpc) is 2.45. The van der Waals surface area contributed by atoms with Crippen molar-refractivity contribution in [3.8, 4) is 11.5 Å². The van der Waals surface area contributed by atoms with Gasteiger partial charge in [-0.2, -0.15) is 0 Å². The highest BCUT2D eigenvalue weighted by Gasteiger charge is 2.18. The van der Waals surface area contributed by atoms with Crippen molar-refractivity contribution in [2.45, 2.75) is 46.2 Å². The molecule has 0 aliphatic heterocycles. The molecule has 1 rings (SSSR count). The predicted octanol–water partition coefficient (Wildman–Crippen LogP) is 3.25. The number of carbonyl (C=O) groups is 1.